The van der Waals surface area contributed by atoms with Crippen molar-refractivity contribution >= 4 is 6.16 Å². The third-order valence-corrected chi connectivity index (χ3v) is 0.866. The summed E-state index contributed by atoms with van der Waals surface area (Å²) in [6.07, 6.45) is 0.131. The number of rotatable bonds is 3. The predicted molar refractivity (Wildman–Crippen MR) is 31.4 cm³/mol. The highest BCUT2D eigenvalue weighted by atomic mass is 16.7. The molecule has 1 radical (unpaired) electrons. The van der Waals surface area contributed by atoms with E-state index in [-0.39, 0.29) is 12.5 Å². The molecular weight excluding hydrogens is 120 g/mol. The average molecular weight is 129 g/mol. The molecule has 3 nitrogen and oxygen atoms in total. The van der Waals surface area contributed by atoms with Crippen LogP contribution in [0, 0.1) is 5.92 Å². The van der Waals surface area contributed by atoms with Gasteiger partial charge in [0.15, 0.2) is 0 Å². The highest BCUT2D eigenvalue weighted by Crippen LogP contribution is 1.95. The van der Waals surface area contributed by atoms with E-state index in [1.807, 2.05) is 0 Å². The van der Waals surface area contributed by atoms with Gasteiger partial charge in [0.25, 0.3) is 0 Å². The molecule has 51 valence electrons. The third-order valence-electron chi connectivity index (χ3n) is 0.866. The van der Waals surface area contributed by atoms with Crippen molar-refractivity contribution in [3.63, 3.8) is 0 Å². The maximum Gasteiger partial charge on any atom is 0.550 e. The van der Waals surface area contributed by atoms with Gasteiger partial charge in [-0.3, -0.25) is 0 Å². The summed E-state index contributed by atoms with van der Waals surface area (Å²) in [5, 5.41) is 9.65. The van der Waals surface area contributed by atoms with E-state index in [1.54, 1.807) is 13.0 Å². The fourth-order valence-electron chi connectivity index (χ4n) is 0.268. The van der Waals surface area contributed by atoms with Crippen LogP contribution < -0.4 is 0 Å². The van der Waals surface area contributed by atoms with Crippen LogP contribution in [0.25, 0.3) is 0 Å². The van der Waals surface area contributed by atoms with Gasteiger partial charge in [-0.1, -0.05) is 13.0 Å². The van der Waals surface area contributed by atoms with Gasteiger partial charge in [-0.2, -0.15) is 9.90 Å². The van der Waals surface area contributed by atoms with Gasteiger partial charge >= 0.3 is 6.16 Å². The van der Waals surface area contributed by atoms with E-state index in [9.17, 15) is 9.90 Å². The molecule has 0 spiro atoms. The second-order valence-electron chi connectivity index (χ2n) is 1.77. The fraction of sp³-hybridized carbons (Fsp3) is 0.500. The molecule has 0 amide bonds. The van der Waals surface area contributed by atoms with Crippen molar-refractivity contribution < 1.29 is 14.6 Å². The molecule has 0 bridgehead atoms. The van der Waals surface area contributed by atoms with Gasteiger partial charge in [0.2, 0.25) is 0 Å². The van der Waals surface area contributed by atoms with Crippen LogP contribution in [0.2, 0.25) is 0 Å². The molecule has 0 saturated carbocycles. The van der Waals surface area contributed by atoms with E-state index >= 15 is 0 Å². The Morgan fingerprint density at radius 1 is 1.89 bits per heavy atom. The summed E-state index contributed by atoms with van der Waals surface area (Å²) in [4.78, 5) is 9.65. The zero-order valence-electron chi connectivity index (χ0n) is 5.29. The standard InChI is InChI=1S/C6H9O3/c1-3-5(2)4-9-6(7)8/h3,5H,1,4H2,2H3. The van der Waals surface area contributed by atoms with Crippen LogP contribution in [-0.2, 0) is 9.84 Å². The largest absolute Gasteiger partial charge is 0.550 e. The first kappa shape index (κ1) is 8.01. The molecule has 0 aromatic rings. The highest BCUT2D eigenvalue weighted by Gasteiger charge is 2.01. The van der Waals surface area contributed by atoms with Gasteiger partial charge in [0.05, 0.1) is 0 Å². The summed E-state index contributed by atoms with van der Waals surface area (Å²) in [6.45, 7) is 5.38. The zero-order valence-corrected chi connectivity index (χ0v) is 5.29. The first-order chi connectivity index (χ1) is 4.16. The molecule has 0 heterocycles. The molecule has 0 saturated heterocycles. The summed E-state index contributed by atoms with van der Waals surface area (Å²) in [7, 11) is 0. The maximum atomic E-state index is 9.65. The summed E-state index contributed by atoms with van der Waals surface area (Å²) in [6, 6.07) is 0. The van der Waals surface area contributed by atoms with Crippen LogP contribution in [0.1, 0.15) is 6.92 Å². The van der Waals surface area contributed by atoms with Crippen LogP contribution in [0.15, 0.2) is 12.7 Å². The van der Waals surface area contributed by atoms with Gasteiger partial charge in [-0.25, -0.2) is 0 Å². The summed E-state index contributed by atoms with van der Waals surface area (Å²) >= 11 is 0. The molecular formula is C6H9O3. The highest BCUT2D eigenvalue weighted by molar-refractivity contribution is 5.56. The second-order valence-corrected chi connectivity index (χ2v) is 1.77. The van der Waals surface area contributed by atoms with Crippen LogP contribution >= 0.6 is 0 Å². The molecule has 9 heavy (non-hydrogen) atoms. The summed E-state index contributed by atoms with van der Waals surface area (Å²) < 4.78 is 4.13. The van der Waals surface area contributed by atoms with E-state index in [0.29, 0.717) is 0 Å². The van der Waals surface area contributed by atoms with Crippen molar-refractivity contribution in [1.29, 1.82) is 0 Å². The van der Waals surface area contributed by atoms with Gasteiger partial charge in [-0.05, 0) is 0 Å². The Morgan fingerprint density at radius 2 is 2.44 bits per heavy atom. The third kappa shape index (κ3) is 4.87. The first-order valence-electron chi connectivity index (χ1n) is 2.63. The predicted octanol–water partition coefficient (Wildman–Crippen LogP) is 1.38. The molecule has 0 aromatic carbocycles. The number of carbonyl (C=O) groups is 1. The summed E-state index contributed by atoms with van der Waals surface area (Å²) in [5.74, 6) is 0.0582. The number of ether oxygens (including phenoxy) is 1. The SMILES string of the molecule is C=CC(C)COC([O])=O. The van der Waals surface area contributed by atoms with Gasteiger partial charge in [0, 0.05) is 5.92 Å². The number of hydrogen-bond acceptors (Lipinski definition) is 2. The lowest BCUT2D eigenvalue weighted by atomic mass is 10.2. The minimum atomic E-state index is -1.48. The van der Waals surface area contributed by atoms with Crippen molar-refractivity contribution in [2.45, 2.75) is 6.92 Å². The second kappa shape index (κ2) is 3.95. The first-order valence-corrected chi connectivity index (χ1v) is 2.63. The lowest BCUT2D eigenvalue weighted by molar-refractivity contribution is 0.0616. The molecule has 1 atom stereocenters. The Balaban J connectivity index is 3.26. The van der Waals surface area contributed by atoms with Crippen LogP contribution in [0.3, 0.4) is 0 Å². The Bertz CT molecular complexity index is 109. The Labute approximate surface area is 53.9 Å². The lowest BCUT2D eigenvalue weighted by Crippen LogP contribution is -2.06. The molecule has 1 unspecified atom stereocenters. The van der Waals surface area contributed by atoms with E-state index in [4.69, 9.17) is 0 Å². The van der Waals surface area contributed by atoms with Crippen molar-refractivity contribution in [3.05, 3.63) is 12.7 Å². The van der Waals surface area contributed by atoms with E-state index < -0.39 is 6.16 Å². The normalized spacial score (nSPS) is 12.1. The average Bonchev–Trinajstić information content (AvgIpc) is 1.83. The minimum Gasteiger partial charge on any atom is -0.431 e. The lowest BCUT2D eigenvalue weighted by Gasteiger charge is -2.01. The molecule has 0 aromatic heterocycles. The molecule has 0 aliphatic carbocycles. The van der Waals surface area contributed by atoms with Gasteiger partial charge in [0.1, 0.15) is 6.61 Å². The van der Waals surface area contributed by atoms with Crippen molar-refractivity contribution in [1.82, 2.24) is 0 Å². The Hall–Kier alpha value is -0.990. The molecule has 0 aliphatic heterocycles. The van der Waals surface area contributed by atoms with Crippen molar-refractivity contribution in [3.8, 4) is 0 Å². The molecule has 0 rings (SSSR count). The van der Waals surface area contributed by atoms with E-state index in [2.05, 4.69) is 11.3 Å². The maximum absolute atomic E-state index is 9.65. The molecule has 0 fully saturated rings. The van der Waals surface area contributed by atoms with Crippen LogP contribution in [0.5, 0.6) is 0 Å². The van der Waals surface area contributed by atoms with E-state index in [1.165, 1.54) is 0 Å². The van der Waals surface area contributed by atoms with Gasteiger partial charge < -0.3 is 4.74 Å². The zero-order chi connectivity index (χ0) is 7.28. The monoisotopic (exact) mass is 129 g/mol. The quantitative estimate of drug-likeness (QED) is 0.426. The van der Waals surface area contributed by atoms with E-state index in [0.717, 1.165) is 0 Å². The fourth-order valence-corrected chi connectivity index (χ4v) is 0.268. The topological polar surface area (TPSA) is 46.2 Å². The number of carbonyl (C=O) groups excluding carboxylic acids is 1. The van der Waals surface area contributed by atoms with Crippen LogP contribution in [0.4, 0.5) is 4.79 Å². The number of hydrogen-bond donors (Lipinski definition) is 0. The molecule has 3 heteroatoms. The van der Waals surface area contributed by atoms with Crippen LogP contribution in [-0.4, -0.2) is 12.8 Å². The Morgan fingerprint density at radius 3 is 2.78 bits per heavy atom. The molecule has 0 aliphatic rings. The Kier molecular flexibility index (Phi) is 3.51. The smallest absolute Gasteiger partial charge is 0.431 e. The minimum absolute atomic E-state index is 0.0582. The van der Waals surface area contributed by atoms with Crippen molar-refractivity contribution in [2.24, 2.45) is 5.92 Å². The molecule has 0 N–H and O–H groups in total. The summed E-state index contributed by atoms with van der Waals surface area (Å²) in [5.41, 5.74) is 0. The van der Waals surface area contributed by atoms with Crippen molar-refractivity contribution in [2.75, 3.05) is 6.61 Å². The van der Waals surface area contributed by atoms with Gasteiger partial charge in [-0.15, -0.1) is 6.58 Å².